The lowest BCUT2D eigenvalue weighted by molar-refractivity contribution is 0.136. The molecule has 3 heterocycles. The quantitative estimate of drug-likeness (QED) is 0.640. The molecule has 3 nitrogen and oxygen atoms in total. The summed E-state index contributed by atoms with van der Waals surface area (Å²) in [5.74, 6) is 2.05. The van der Waals surface area contributed by atoms with Crippen molar-refractivity contribution in [3.05, 3.63) is 41.2 Å². The van der Waals surface area contributed by atoms with Crippen molar-refractivity contribution in [2.24, 2.45) is 5.41 Å². The van der Waals surface area contributed by atoms with E-state index in [1.807, 2.05) is 6.07 Å². The van der Waals surface area contributed by atoms with Crippen molar-refractivity contribution in [1.29, 1.82) is 0 Å². The SMILES string of the molecule is C[C@]12COc3c(Br)cc(Br)cc3[C@H]1c1sc(=O)[nH]c1SC2. The first-order valence-electron chi connectivity index (χ1n) is 6.45. The van der Waals surface area contributed by atoms with Crippen molar-refractivity contribution in [2.45, 2.75) is 17.9 Å². The lowest BCUT2D eigenvalue weighted by atomic mass is 9.72. The summed E-state index contributed by atoms with van der Waals surface area (Å²) in [7, 11) is 0. The minimum absolute atomic E-state index is 0.00995. The van der Waals surface area contributed by atoms with Gasteiger partial charge in [-0.25, -0.2) is 0 Å². The fraction of sp³-hybridized carbons (Fsp3) is 0.357. The second kappa shape index (κ2) is 4.88. The predicted molar refractivity (Wildman–Crippen MR) is 93.0 cm³/mol. The zero-order chi connectivity index (χ0) is 14.8. The lowest BCUT2D eigenvalue weighted by Crippen LogP contribution is -2.40. The third-order valence-electron chi connectivity index (χ3n) is 4.04. The molecule has 0 amide bonds. The summed E-state index contributed by atoms with van der Waals surface area (Å²) < 4.78 is 8.01. The topological polar surface area (TPSA) is 42.1 Å². The summed E-state index contributed by atoms with van der Waals surface area (Å²) in [6.45, 7) is 2.92. The van der Waals surface area contributed by atoms with E-state index in [9.17, 15) is 4.79 Å². The van der Waals surface area contributed by atoms with Crippen LogP contribution in [-0.2, 0) is 0 Å². The lowest BCUT2D eigenvalue weighted by Gasteiger charge is -2.44. The van der Waals surface area contributed by atoms with Crippen LogP contribution < -0.4 is 9.61 Å². The van der Waals surface area contributed by atoms with Gasteiger partial charge >= 0.3 is 4.87 Å². The number of benzene rings is 1. The van der Waals surface area contributed by atoms with Gasteiger partial charge in [-0.05, 0) is 28.1 Å². The van der Waals surface area contributed by atoms with Crippen molar-refractivity contribution >= 4 is 55.0 Å². The van der Waals surface area contributed by atoms with Gasteiger partial charge in [0.25, 0.3) is 0 Å². The molecule has 0 bridgehead atoms. The highest BCUT2D eigenvalue weighted by atomic mass is 79.9. The van der Waals surface area contributed by atoms with Gasteiger partial charge in [-0.15, -0.1) is 11.8 Å². The second-order valence-corrected chi connectivity index (χ2v) is 9.45. The highest BCUT2D eigenvalue weighted by Gasteiger charge is 2.47. The number of halogens is 2. The fourth-order valence-corrected chi connectivity index (χ4v) is 7.00. The van der Waals surface area contributed by atoms with Crippen LogP contribution in [0.3, 0.4) is 0 Å². The summed E-state index contributed by atoms with van der Waals surface area (Å²) in [6.07, 6.45) is 0. The average molecular weight is 449 g/mol. The number of fused-ring (bicyclic) bond motifs is 5. The first-order valence-corrected chi connectivity index (χ1v) is 9.84. The molecular weight excluding hydrogens is 438 g/mol. The number of aromatic nitrogens is 1. The van der Waals surface area contributed by atoms with Crippen molar-refractivity contribution < 1.29 is 4.74 Å². The zero-order valence-electron chi connectivity index (χ0n) is 11.0. The van der Waals surface area contributed by atoms with Crippen LogP contribution in [0.25, 0.3) is 0 Å². The number of hydrogen-bond donors (Lipinski definition) is 1. The van der Waals surface area contributed by atoms with Crippen LogP contribution in [0, 0.1) is 5.41 Å². The van der Waals surface area contributed by atoms with E-state index in [2.05, 4.69) is 49.8 Å². The molecule has 0 unspecified atom stereocenters. The van der Waals surface area contributed by atoms with Gasteiger partial charge in [-0.3, -0.25) is 4.79 Å². The Labute approximate surface area is 146 Å². The number of H-pyrrole nitrogens is 1. The Hall–Kier alpha value is -0.240. The molecule has 4 rings (SSSR count). The Morgan fingerprint density at radius 3 is 3.05 bits per heavy atom. The van der Waals surface area contributed by atoms with Crippen LogP contribution in [0.15, 0.2) is 30.9 Å². The molecule has 0 radical (unpaired) electrons. The van der Waals surface area contributed by atoms with E-state index < -0.39 is 0 Å². The van der Waals surface area contributed by atoms with Gasteiger partial charge in [0.2, 0.25) is 0 Å². The van der Waals surface area contributed by atoms with Crippen molar-refractivity contribution in [3.63, 3.8) is 0 Å². The molecule has 110 valence electrons. The molecule has 2 aliphatic heterocycles. The van der Waals surface area contributed by atoms with Crippen molar-refractivity contribution in [3.8, 4) is 5.75 Å². The van der Waals surface area contributed by atoms with Crippen LogP contribution in [0.4, 0.5) is 0 Å². The smallest absolute Gasteiger partial charge is 0.305 e. The number of thioether (sulfide) groups is 1. The van der Waals surface area contributed by atoms with E-state index in [4.69, 9.17) is 4.74 Å². The molecule has 1 aromatic carbocycles. The first kappa shape index (κ1) is 14.4. The first-order chi connectivity index (χ1) is 9.98. The monoisotopic (exact) mass is 447 g/mol. The Morgan fingerprint density at radius 2 is 2.24 bits per heavy atom. The molecule has 1 N–H and O–H groups in total. The summed E-state index contributed by atoms with van der Waals surface area (Å²) in [5.41, 5.74) is 1.16. The number of ether oxygens (including phenoxy) is 1. The molecule has 0 aliphatic carbocycles. The van der Waals surface area contributed by atoms with E-state index in [1.54, 1.807) is 11.8 Å². The average Bonchev–Trinajstić information content (AvgIpc) is 2.77. The maximum Gasteiger partial charge on any atom is 0.305 e. The summed E-state index contributed by atoms with van der Waals surface area (Å²) in [4.78, 5) is 15.9. The molecule has 2 atom stereocenters. The third-order valence-corrected chi connectivity index (χ3v) is 7.58. The normalized spacial score (nSPS) is 26.5. The standard InChI is InChI=1S/C14H11Br2NO2S2/c1-14-4-19-10-7(2-6(15)3-8(10)16)9(14)11-12(20-5-14)17-13(18)21-11/h2-3,9H,4-5H2,1H3,(H,17,18)/t9-,14+/m0/s1. The van der Waals surface area contributed by atoms with Gasteiger partial charge in [0, 0.05) is 32.0 Å². The van der Waals surface area contributed by atoms with Gasteiger partial charge in [0.05, 0.1) is 16.1 Å². The molecule has 0 saturated carbocycles. The van der Waals surface area contributed by atoms with Gasteiger partial charge in [-0.2, -0.15) is 0 Å². The summed E-state index contributed by atoms with van der Waals surface area (Å²) in [5, 5.41) is 1.02. The van der Waals surface area contributed by atoms with Crippen LogP contribution in [0.1, 0.15) is 23.3 Å². The third kappa shape index (κ3) is 2.16. The highest BCUT2D eigenvalue weighted by molar-refractivity contribution is 9.11. The molecule has 1 aromatic heterocycles. The summed E-state index contributed by atoms with van der Waals surface area (Å²) in [6, 6.07) is 4.12. The number of nitrogens with one attached hydrogen (secondary N) is 1. The minimum atomic E-state index is 0.00995. The van der Waals surface area contributed by atoms with Gasteiger partial charge in [0.15, 0.2) is 0 Å². The van der Waals surface area contributed by atoms with E-state index in [0.29, 0.717) is 6.61 Å². The van der Waals surface area contributed by atoms with Gasteiger partial charge < -0.3 is 9.72 Å². The van der Waals surface area contributed by atoms with Crippen LogP contribution in [0.5, 0.6) is 5.75 Å². The van der Waals surface area contributed by atoms with Gasteiger partial charge in [0.1, 0.15) is 5.75 Å². The number of rotatable bonds is 0. The summed E-state index contributed by atoms with van der Waals surface area (Å²) >= 11 is 10.2. The zero-order valence-corrected chi connectivity index (χ0v) is 15.8. The number of thiazole rings is 1. The molecule has 0 fully saturated rings. The van der Waals surface area contributed by atoms with Gasteiger partial charge in [-0.1, -0.05) is 34.2 Å². The Bertz CT molecular complexity index is 801. The largest absolute Gasteiger partial charge is 0.491 e. The van der Waals surface area contributed by atoms with E-state index in [1.165, 1.54) is 11.3 Å². The molecule has 2 aliphatic rings. The van der Waals surface area contributed by atoms with E-state index in [0.717, 1.165) is 35.9 Å². The number of hydrogen-bond acceptors (Lipinski definition) is 4. The van der Waals surface area contributed by atoms with Crippen LogP contribution in [-0.4, -0.2) is 17.3 Å². The molecule has 0 spiro atoms. The minimum Gasteiger partial charge on any atom is -0.491 e. The van der Waals surface area contributed by atoms with E-state index >= 15 is 0 Å². The maximum absolute atomic E-state index is 11.8. The van der Waals surface area contributed by atoms with Crippen molar-refractivity contribution in [1.82, 2.24) is 4.98 Å². The number of aromatic amines is 1. The van der Waals surface area contributed by atoms with Crippen molar-refractivity contribution in [2.75, 3.05) is 12.4 Å². The molecule has 7 heteroatoms. The Kier molecular flexibility index (Phi) is 3.33. The molecular formula is C14H11Br2NO2S2. The Morgan fingerprint density at radius 1 is 1.43 bits per heavy atom. The Balaban J connectivity index is 2.00. The fourth-order valence-electron chi connectivity index (χ4n) is 3.09. The molecule has 21 heavy (non-hydrogen) atoms. The molecule has 0 saturated heterocycles. The maximum atomic E-state index is 11.8. The highest BCUT2D eigenvalue weighted by Crippen LogP contribution is 2.57. The predicted octanol–water partition coefficient (Wildman–Crippen LogP) is 4.60. The van der Waals surface area contributed by atoms with E-state index in [-0.39, 0.29) is 16.2 Å². The van der Waals surface area contributed by atoms with Crippen LogP contribution >= 0.6 is 55.0 Å². The molecule has 2 aromatic rings. The van der Waals surface area contributed by atoms with Crippen LogP contribution in [0.2, 0.25) is 0 Å². The second-order valence-electron chi connectivity index (χ2n) is 5.68.